The molecule has 1 aromatic heterocycles. The number of aliphatic carboxylic acids is 1. The van der Waals surface area contributed by atoms with Crippen molar-refractivity contribution in [2.24, 2.45) is 12.2 Å². The van der Waals surface area contributed by atoms with Crippen molar-refractivity contribution in [3.8, 4) is 0 Å². The zero-order valence-electron chi connectivity index (χ0n) is 8.27. The molecule has 0 radical (unpaired) electrons. The summed E-state index contributed by atoms with van der Waals surface area (Å²) in [7, 11) is 1.70. The van der Waals surface area contributed by atoms with Crippen molar-refractivity contribution in [3.63, 3.8) is 0 Å². The van der Waals surface area contributed by atoms with Crippen molar-refractivity contribution in [1.82, 2.24) is 9.78 Å². The Kier molecular flexibility index (Phi) is 3.68. The van der Waals surface area contributed by atoms with Gasteiger partial charge in [-0.3, -0.25) is 4.68 Å². The third kappa shape index (κ3) is 2.95. The molecule has 0 saturated heterocycles. The lowest BCUT2D eigenvalue weighted by atomic mass is 10.3. The minimum absolute atomic E-state index is 0.426. The standard InChI is InChI=1S/C8H10ClN3O3/c1-5-6(8(9)12(2)11-5)3-10-15-4-7(13)14/h3H,4H2,1-2H3,(H,13,14)/b10-3+. The first kappa shape index (κ1) is 11.5. The molecule has 0 fully saturated rings. The van der Waals surface area contributed by atoms with Gasteiger partial charge in [0.15, 0.2) is 0 Å². The van der Waals surface area contributed by atoms with Gasteiger partial charge >= 0.3 is 5.97 Å². The zero-order chi connectivity index (χ0) is 11.4. The van der Waals surface area contributed by atoms with Crippen LogP contribution in [0.4, 0.5) is 0 Å². The second kappa shape index (κ2) is 4.79. The Bertz CT molecular complexity index is 400. The predicted molar refractivity (Wildman–Crippen MR) is 54.1 cm³/mol. The Morgan fingerprint density at radius 3 is 2.93 bits per heavy atom. The van der Waals surface area contributed by atoms with Gasteiger partial charge in [-0.05, 0) is 6.92 Å². The lowest BCUT2D eigenvalue weighted by Gasteiger charge is -1.93. The molecule has 82 valence electrons. The largest absolute Gasteiger partial charge is 0.479 e. The smallest absolute Gasteiger partial charge is 0.344 e. The van der Waals surface area contributed by atoms with E-state index in [0.29, 0.717) is 16.4 Å². The molecule has 0 saturated carbocycles. The second-order valence-corrected chi connectivity index (χ2v) is 3.17. The Hall–Kier alpha value is -1.56. The third-order valence-electron chi connectivity index (χ3n) is 1.64. The highest BCUT2D eigenvalue weighted by Crippen LogP contribution is 2.15. The van der Waals surface area contributed by atoms with Crippen LogP contribution in [-0.2, 0) is 16.7 Å². The van der Waals surface area contributed by atoms with E-state index in [1.165, 1.54) is 10.9 Å². The number of rotatable bonds is 4. The molecular formula is C8H10ClN3O3. The summed E-state index contributed by atoms with van der Waals surface area (Å²) < 4.78 is 1.50. The van der Waals surface area contributed by atoms with Crippen LogP contribution in [0.25, 0.3) is 0 Å². The van der Waals surface area contributed by atoms with Crippen LogP contribution in [0.15, 0.2) is 5.16 Å². The molecule has 15 heavy (non-hydrogen) atoms. The summed E-state index contributed by atoms with van der Waals surface area (Å²) in [5, 5.41) is 16.2. The van der Waals surface area contributed by atoms with E-state index >= 15 is 0 Å². The zero-order valence-corrected chi connectivity index (χ0v) is 9.02. The normalized spacial score (nSPS) is 10.9. The molecule has 7 heteroatoms. The number of halogens is 1. The summed E-state index contributed by atoms with van der Waals surface area (Å²) >= 11 is 5.89. The highest BCUT2D eigenvalue weighted by Gasteiger charge is 2.08. The molecule has 0 aliphatic heterocycles. The molecule has 1 N–H and O–H groups in total. The lowest BCUT2D eigenvalue weighted by molar-refractivity contribution is -0.142. The summed E-state index contributed by atoms with van der Waals surface area (Å²) in [5.41, 5.74) is 1.31. The van der Waals surface area contributed by atoms with Gasteiger partial charge in [-0.1, -0.05) is 16.8 Å². The molecule has 0 atom stereocenters. The number of carbonyl (C=O) groups is 1. The van der Waals surface area contributed by atoms with Gasteiger partial charge in [0.05, 0.1) is 17.5 Å². The Labute approximate surface area is 91.1 Å². The lowest BCUT2D eigenvalue weighted by Crippen LogP contribution is -2.03. The van der Waals surface area contributed by atoms with E-state index in [1.807, 2.05) is 0 Å². The van der Waals surface area contributed by atoms with E-state index in [2.05, 4.69) is 15.1 Å². The number of aromatic nitrogens is 2. The summed E-state index contributed by atoms with van der Waals surface area (Å²) in [4.78, 5) is 14.6. The molecule has 1 rings (SSSR count). The van der Waals surface area contributed by atoms with Gasteiger partial charge in [-0.25, -0.2) is 4.79 Å². The Balaban J connectivity index is 2.68. The SMILES string of the molecule is Cc1nn(C)c(Cl)c1/C=N/OCC(=O)O. The van der Waals surface area contributed by atoms with Crippen molar-refractivity contribution in [2.75, 3.05) is 6.61 Å². The van der Waals surface area contributed by atoms with Crippen molar-refractivity contribution >= 4 is 23.8 Å². The maximum atomic E-state index is 10.1. The molecule has 0 spiro atoms. The predicted octanol–water partition coefficient (Wildman–Crippen LogP) is 0.817. The fourth-order valence-corrected chi connectivity index (χ4v) is 1.20. The maximum absolute atomic E-state index is 10.1. The van der Waals surface area contributed by atoms with Crippen molar-refractivity contribution in [1.29, 1.82) is 0 Å². The number of nitrogens with zero attached hydrogens (tertiary/aromatic N) is 3. The van der Waals surface area contributed by atoms with Crippen LogP contribution in [0.2, 0.25) is 5.15 Å². The van der Waals surface area contributed by atoms with Crippen LogP contribution in [-0.4, -0.2) is 33.7 Å². The van der Waals surface area contributed by atoms with E-state index in [4.69, 9.17) is 16.7 Å². The van der Waals surface area contributed by atoms with E-state index < -0.39 is 12.6 Å². The Morgan fingerprint density at radius 1 is 1.80 bits per heavy atom. The van der Waals surface area contributed by atoms with Crippen LogP contribution in [0.3, 0.4) is 0 Å². The van der Waals surface area contributed by atoms with Crippen molar-refractivity contribution in [2.45, 2.75) is 6.92 Å². The highest BCUT2D eigenvalue weighted by molar-refractivity contribution is 6.32. The van der Waals surface area contributed by atoms with Crippen LogP contribution in [0.1, 0.15) is 11.3 Å². The van der Waals surface area contributed by atoms with Gasteiger partial charge < -0.3 is 9.94 Å². The quantitative estimate of drug-likeness (QED) is 0.615. The van der Waals surface area contributed by atoms with Crippen LogP contribution >= 0.6 is 11.6 Å². The van der Waals surface area contributed by atoms with E-state index in [9.17, 15) is 4.79 Å². The fourth-order valence-electron chi connectivity index (χ4n) is 0.976. The molecule has 0 bridgehead atoms. The van der Waals surface area contributed by atoms with Gasteiger partial charge in [0.2, 0.25) is 6.61 Å². The van der Waals surface area contributed by atoms with Gasteiger partial charge in [-0.2, -0.15) is 5.10 Å². The van der Waals surface area contributed by atoms with E-state index in [0.717, 1.165) is 0 Å². The van der Waals surface area contributed by atoms with E-state index in [-0.39, 0.29) is 0 Å². The number of hydrogen-bond acceptors (Lipinski definition) is 4. The van der Waals surface area contributed by atoms with Crippen LogP contribution in [0, 0.1) is 6.92 Å². The first-order chi connectivity index (χ1) is 7.02. The topological polar surface area (TPSA) is 76.7 Å². The average Bonchev–Trinajstić information content (AvgIpc) is 2.37. The molecule has 0 unspecified atom stereocenters. The first-order valence-corrected chi connectivity index (χ1v) is 4.46. The van der Waals surface area contributed by atoms with Crippen molar-refractivity contribution in [3.05, 3.63) is 16.4 Å². The summed E-state index contributed by atoms with van der Waals surface area (Å²) in [6.45, 7) is 1.29. The minimum Gasteiger partial charge on any atom is -0.479 e. The second-order valence-electron chi connectivity index (χ2n) is 2.82. The van der Waals surface area contributed by atoms with Gasteiger partial charge in [0, 0.05) is 7.05 Å². The van der Waals surface area contributed by atoms with Crippen LogP contribution in [0.5, 0.6) is 0 Å². The Morgan fingerprint density at radius 2 is 2.47 bits per heavy atom. The molecule has 0 amide bonds. The summed E-state index contributed by atoms with van der Waals surface area (Å²) in [5.74, 6) is -1.08. The number of oxime groups is 1. The molecule has 0 aromatic carbocycles. The molecular weight excluding hydrogens is 222 g/mol. The molecule has 6 nitrogen and oxygen atoms in total. The maximum Gasteiger partial charge on any atom is 0.344 e. The number of carboxylic acid groups (broad SMARTS) is 1. The third-order valence-corrected chi connectivity index (χ3v) is 2.09. The monoisotopic (exact) mass is 231 g/mol. The summed E-state index contributed by atoms with van der Waals surface area (Å²) in [6, 6.07) is 0. The highest BCUT2D eigenvalue weighted by atomic mass is 35.5. The fraction of sp³-hybridized carbons (Fsp3) is 0.375. The van der Waals surface area contributed by atoms with Gasteiger partial charge in [-0.15, -0.1) is 0 Å². The van der Waals surface area contributed by atoms with Crippen LogP contribution < -0.4 is 0 Å². The molecule has 0 aliphatic rings. The van der Waals surface area contributed by atoms with Gasteiger partial charge in [0.25, 0.3) is 0 Å². The molecule has 0 aliphatic carbocycles. The number of carboxylic acids is 1. The molecule has 1 aromatic rings. The van der Waals surface area contributed by atoms with Crippen molar-refractivity contribution < 1.29 is 14.7 Å². The van der Waals surface area contributed by atoms with Gasteiger partial charge in [0.1, 0.15) is 5.15 Å². The first-order valence-electron chi connectivity index (χ1n) is 4.08. The summed E-state index contributed by atoms with van der Waals surface area (Å²) in [6.07, 6.45) is 1.34. The minimum atomic E-state index is -1.08. The number of aryl methyl sites for hydroxylation is 2. The van der Waals surface area contributed by atoms with E-state index in [1.54, 1.807) is 14.0 Å². The molecule has 1 heterocycles. The number of hydrogen-bond donors (Lipinski definition) is 1. The average molecular weight is 232 g/mol.